The summed E-state index contributed by atoms with van der Waals surface area (Å²) in [6.45, 7) is 4.54. The highest BCUT2D eigenvalue weighted by Crippen LogP contribution is 2.16. The molecule has 21 heavy (non-hydrogen) atoms. The molecule has 0 aromatic heterocycles. The average Bonchev–Trinajstić information content (AvgIpc) is 2.43. The summed E-state index contributed by atoms with van der Waals surface area (Å²) < 4.78 is 5.42. The molecule has 0 aliphatic heterocycles. The van der Waals surface area contributed by atoms with Crippen LogP contribution in [0, 0.1) is 5.92 Å². The molecule has 0 radical (unpaired) electrons. The van der Waals surface area contributed by atoms with Crippen LogP contribution in [0.1, 0.15) is 39.5 Å². The van der Waals surface area contributed by atoms with Crippen LogP contribution in [0.2, 0.25) is 0 Å². The number of nitrogens with one attached hydrogen (secondary N) is 1. The van der Waals surface area contributed by atoms with Crippen molar-refractivity contribution >= 4 is 17.6 Å². The number of benzene rings is 1. The molecule has 2 N–H and O–H groups in total. The number of anilines is 1. The first kappa shape index (κ1) is 17.0. The molecule has 1 aromatic rings. The highest BCUT2D eigenvalue weighted by molar-refractivity contribution is 5.90. The van der Waals surface area contributed by atoms with E-state index in [1.54, 1.807) is 24.3 Å². The molecule has 0 saturated heterocycles. The molecule has 0 aliphatic carbocycles. The summed E-state index contributed by atoms with van der Waals surface area (Å²) in [6, 6.07) is 7.08. The number of carboxylic acid groups (broad SMARTS) is 1. The molecular formula is C16H23NO4. The fourth-order valence-electron chi connectivity index (χ4n) is 1.69. The molecule has 0 saturated carbocycles. The molecule has 0 bridgehead atoms. The van der Waals surface area contributed by atoms with Gasteiger partial charge in [0.05, 0.1) is 6.61 Å². The second-order valence-electron chi connectivity index (χ2n) is 5.35. The number of aliphatic carboxylic acids is 1. The van der Waals surface area contributed by atoms with Crippen molar-refractivity contribution in [3.05, 3.63) is 24.3 Å². The maximum Gasteiger partial charge on any atom is 0.303 e. The molecule has 5 heteroatoms. The predicted molar refractivity (Wildman–Crippen MR) is 81.5 cm³/mol. The highest BCUT2D eigenvalue weighted by atomic mass is 16.5. The molecule has 0 unspecified atom stereocenters. The predicted octanol–water partition coefficient (Wildman–Crippen LogP) is 3.30. The zero-order valence-corrected chi connectivity index (χ0v) is 12.6. The van der Waals surface area contributed by atoms with E-state index in [0.717, 1.165) is 12.1 Å². The molecule has 0 fully saturated rings. The van der Waals surface area contributed by atoms with Gasteiger partial charge >= 0.3 is 5.97 Å². The van der Waals surface area contributed by atoms with E-state index in [1.807, 2.05) is 0 Å². The molecule has 0 heterocycles. The Kier molecular flexibility index (Phi) is 7.29. The van der Waals surface area contributed by atoms with E-state index in [0.29, 0.717) is 31.1 Å². The molecule has 1 rings (SSSR count). The summed E-state index contributed by atoms with van der Waals surface area (Å²) in [7, 11) is 0. The van der Waals surface area contributed by atoms with Gasteiger partial charge in [0, 0.05) is 18.5 Å². The van der Waals surface area contributed by atoms with E-state index >= 15 is 0 Å². The number of rotatable bonds is 9. The van der Waals surface area contributed by atoms with Gasteiger partial charge in [0.25, 0.3) is 0 Å². The first-order chi connectivity index (χ1) is 9.97. The van der Waals surface area contributed by atoms with Crippen LogP contribution in [0.15, 0.2) is 24.3 Å². The molecule has 1 amide bonds. The van der Waals surface area contributed by atoms with Gasteiger partial charge in [0.2, 0.25) is 5.91 Å². The smallest absolute Gasteiger partial charge is 0.303 e. The number of hydrogen-bond acceptors (Lipinski definition) is 3. The highest BCUT2D eigenvalue weighted by Gasteiger charge is 2.04. The van der Waals surface area contributed by atoms with Crippen LogP contribution >= 0.6 is 0 Å². The fraction of sp³-hybridized carbons (Fsp3) is 0.500. The molecule has 5 nitrogen and oxygen atoms in total. The summed E-state index contributed by atoms with van der Waals surface area (Å²) >= 11 is 0. The lowest BCUT2D eigenvalue weighted by Crippen LogP contribution is -2.12. The van der Waals surface area contributed by atoms with Gasteiger partial charge in [-0.3, -0.25) is 9.59 Å². The minimum absolute atomic E-state index is 0.0128. The maximum atomic E-state index is 11.7. The third kappa shape index (κ3) is 7.97. The van der Waals surface area contributed by atoms with Crippen LogP contribution in [0.4, 0.5) is 5.69 Å². The van der Waals surface area contributed by atoms with Crippen molar-refractivity contribution in [3.8, 4) is 5.75 Å². The standard InChI is InChI=1S/C16H23NO4/c1-12(2)5-10-15(18)17-13-6-8-14(9-7-13)21-11-3-4-16(19)20/h6-9,12H,3-5,10-11H2,1-2H3,(H,17,18)(H,19,20). The van der Waals surface area contributed by atoms with Crippen LogP contribution in [-0.2, 0) is 9.59 Å². The van der Waals surface area contributed by atoms with E-state index < -0.39 is 5.97 Å². The van der Waals surface area contributed by atoms with Crippen LogP contribution in [0.3, 0.4) is 0 Å². The Labute approximate surface area is 125 Å². The summed E-state index contributed by atoms with van der Waals surface area (Å²) in [4.78, 5) is 22.0. The van der Waals surface area contributed by atoms with Gasteiger partial charge in [0.1, 0.15) is 5.75 Å². The zero-order chi connectivity index (χ0) is 15.7. The Hall–Kier alpha value is -2.04. The largest absolute Gasteiger partial charge is 0.494 e. The maximum absolute atomic E-state index is 11.7. The van der Waals surface area contributed by atoms with Gasteiger partial charge in [-0.1, -0.05) is 13.8 Å². The fourth-order valence-corrected chi connectivity index (χ4v) is 1.69. The van der Waals surface area contributed by atoms with Crippen LogP contribution in [-0.4, -0.2) is 23.6 Å². The van der Waals surface area contributed by atoms with Crippen molar-refractivity contribution in [2.45, 2.75) is 39.5 Å². The number of amides is 1. The van der Waals surface area contributed by atoms with Gasteiger partial charge < -0.3 is 15.2 Å². The quantitative estimate of drug-likeness (QED) is 0.685. The molecular weight excluding hydrogens is 270 g/mol. The lowest BCUT2D eigenvalue weighted by Gasteiger charge is -2.08. The minimum Gasteiger partial charge on any atom is -0.494 e. The van der Waals surface area contributed by atoms with E-state index in [9.17, 15) is 9.59 Å². The van der Waals surface area contributed by atoms with Gasteiger partial charge in [-0.15, -0.1) is 0 Å². The van der Waals surface area contributed by atoms with Gasteiger partial charge in [-0.05, 0) is 43.0 Å². The summed E-state index contributed by atoms with van der Waals surface area (Å²) in [5.41, 5.74) is 0.738. The van der Waals surface area contributed by atoms with Crippen molar-refractivity contribution in [2.75, 3.05) is 11.9 Å². The summed E-state index contributed by atoms with van der Waals surface area (Å²) in [6.07, 6.45) is 1.97. The van der Waals surface area contributed by atoms with Crippen molar-refractivity contribution in [2.24, 2.45) is 5.92 Å². The SMILES string of the molecule is CC(C)CCC(=O)Nc1ccc(OCCCC(=O)O)cc1. The van der Waals surface area contributed by atoms with Gasteiger partial charge in [0.15, 0.2) is 0 Å². The van der Waals surface area contributed by atoms with E-state index in [1.165, 1.54) is 0 Å². The lowest BCUT2D eigenvalue weighted by molar-refractivity contribution is -0.137. The Bertz CT molecular complexity index is 454. The molecule has 0 aliphatic rings. The topological polar surface area (TPSA) is 75.6 Å². The van der Waals surface area contributed by atoms with Crippen LogP contribution in [0.25, 0.3) is 0 Å². The zero-order valence-electron chi connectivity index (χ0n) is 12.6. The van der Waals surface area contributed by atoms with Crippen molar-refractivity contribution in [1.29, 1.82) is 0 Å². The Morgan fingerprint density at radius 2 is 1.86 bits per heavy atom. The van der Waals surface area contributed by atoms with Gasteiger partial charge in [-0.25, -0.2) is 0 Å². The summed E-state index contributed by atoms with van der Waals surface area (Å²) in [5.74, 6) is 0.370. The van der Waals surface area contributed by atoms with Crippen LogP contribution < -0.4 is 10.1 Å². The average molecular weight is 293 g/mol. The van der Waals surface area contributed by atoms with Crippen molar-refractivity contribution in [3.63, 3.8) is 0 Å². The molecule has 116 valence electrons. The Morgan fingerprint density at radius 3 is 2.43 bits per heavy atom. The number of carbonyl (C=O) groups is 2. The Morgan fingerprint density at radius 1 is 1.19 bits per heavy atom. The van der Waals surface area contributed by atoms with E-state index in [-0.39, 0.29) is 12.3 Å². The first-order valence-electron chi connectivity index (χ1n) is 7.22. The first-order valence-corrected chi connectivity index (χ1v) is 7.22. The second-order valence-corrected chi connectivity index (χ2v) is 5.35. The van der Waals surface area contributed by atoms with Crippen LogP contribution in [0.5, 0.6) is 5.75 Å². The molecule has 1 aromatic carbocycles. The normalized spacial score (nSPS) is 10.4. The number of ether oxygens (including phenoxy) is 1. The number of carbonyl (C=O) groups excluding carboxylic acids is 1. The number of carboxylic acids is 1. The molecule has 0 spiro atoms. The van der Waals surface area contributed by atoms with Crippen molar-refractivity contribution in [1.82, 2.24) is 0 Å². The monoisotopic (exact) mass is 293 g/mol. The minimum atomic E-state index is -0.821. The van der Waals surface area contributed by atoms with Crippen molar-refractivity contribution < 1.29 is 19.4 Å². The number of hydrogen-bond donors (Lipinski definition) is 2. The lowest BCUT2D eigenvalue weighted by atomic mass is 10.1. The summed E-state index contributed by atoms with van der Waals surface area (Å²) in [5, 5.41) is 11.3. The third-order valence-corrected chi connectivity index (χ3v) is 2.89. The third-order valence-electron chi connectivity index (χ3n) is 2.89. The van der Waals surface area contributed by atoms with Gasteiger partial charge in [-0.2, -0.15) is 0 Å². The van der Waals surface area contributed by atoms with E-state index in [2.05, 4.69) is 19.2 Å². The Balaban J connectivity index is 2.32. The second kappa shape index (κ2) is 9.00. The molecule has 0 atom stereocenters. The van der Waals surface area contributed by atoms with E-state index in [4.69, 9.17) is 9.84 Å².